The van der Waals surface area contributed by atoms with Crippen LogP contribution in [0.1, 0.15) is 5.56 Å². The van der Waals surface area contributed by atoms with Crippen LogP contribution in [0.3, 0.4) is 0 Å². The van der Waals surface area contributed by atoms with Crippen molar-refractivity contribution in [1.29, 1.82) is 0 Å². The number of carboxylic acid groups (broad SMARTS) is 2. The van der Waals surface area contributed by atoms with Crippen LogP contribution in [0, 0.1) is 0 Å². The molecule has 114 valence electrons. The number of benzene rings is 1. The molecule has 1 aromatic carbocycles. The molecule has 0 fully saturated rings. The van der Waals surface area contributed by atoms with Gasteiger partial charge in [0.15, 0.2) is 17.3 Å². The smallest absolute Gasteiger partial charge is 0.370 e. The zero-order chi connectivity index (χ0) is 16.4. The van der Waals surface area contributed by atoms with E-state index in [-0.39, 0.29) is 11.5 Å². The molecule has 0 aliphatic heterocycles. The summed E-state index contributed by atoms with van der Waals surface area (Å²) in [7, 11) is 2.69. The van der Waals surface area contributed by atoms with Gasteiger partial charge in [-0.2, -0.15) is 0 Å². The van der Waals surface area contributed by atoms with E-state index >= 15 is 0 Å². The molecule has 0 bridgehead atoms. The van der Waals surface area contributed by atoms with E-state index in [1.54, 1.807) is 12.1 Å². The van der Waals surface area contributed by atoms with Crippen molar-refractivity contribution in [2.45, 2.75) is 0 Å². The number of rotatable bonds is 5. The molecule has 0 aliphatic carbocycles. The van der Waals surface area contributed by atoms with Crippen molar-refractivity contribution >= 4 is 18.0 Å². The number of aromatic hydroxyl groups is 1. The van der Waals surface area contributed by atoms with Gasteiger partial charge in [-0.1, -0.05) is 6.07 Å². The Morgan fingerprint density at radius 1 is 1.24 bits per heavy atom. The lowest BCUT2D eigenvalue weighted by molar-refractivity contribution is -0.136. The highest BCUT2D eigenvalue weighted by atomic mass is 16.5. The highest BCUT2D eigenvalue weighted by Gasteiger charge is 2.00. The largest absolute Gasteiger partial charge is 0.504 e. The van der Waals surface area contributed by atoms with Crippen molar-refractivity contribution in [3.63, 3.8) is 0 Å². The minimum absolute atomic E-state index is 0.0278. The van der Waals surface area contributed by atoms with E-state index in [9.17, 15) is 14.7 Å². The lowest BCUT2D eigenvalue weighted by Crippen LogP contribution is -1.99. The Morgan fingerprint density at radius 3 is 2.24 bits per heavy atom. The van der Waals surface area contributed by atoms with E-state index in [4.69, 9.17) is 14.9 Å². The summed E-state index contributed by atoms with van der Waals surface area (Å²) >= 11 is 0. The Labute approximate surface area is 121 Å². The first-order valence-corrected chi connectivity index (χ1v) is 5.56. The maximum Gasteiger partial charge on any atom is 0.370 e. The average Bonchev–Trinajstić information content (AvgIpc) is 2.45. The molecule has 1 aromatic rings. The van der Waals surface area contributed by atoms with Crippen LogP contribution in [-0.4, -0.2) is 41.5 Å². The van der Waals surface area contributed by atoms with Gasteiger partial charge in [0.25, 0.3) is 0 Å². The third kappa shape index (κ3) is 7.26. The molecule has 0 saturated carbocycles. The van der Waals surface area contributed by atoms with E-state index in [2.05, 4.69) is 11.3 Å². The summed E-state index contributed by atoms with van der Waals surface area (Å²) in [6.45, 7) is 3.05. The average molecular weight is 296 g/mol. The summed E-state index contributed by atoms with van der Waals surface area (Å²) < 4.78 is 9.08. The van der Waals surface area contributed by atoms with Crippen molar-refractivity contribution in [3.05, 3.63) is 42.2 Å². The van der Waals surface area contributed by atoms with E-state index in [1.165, 1.54) is 26.4 Å². The number of aliphatic carboxylic acids is 2. The van der Waals surface area contributed by atoms with Gasteiger partial charge in [-0.05, 0) is 30.4 Å². The molecule has 0 aliphatic rings. The van der Waals surface area contributed by atoms with Crippen LogP contribution in [0.15, 0.2) is 36.6 Å². The minimum Gasteiger partial charge on any atom is -0.504 e. The number of carboxylic acids is 2. The number of phenols is 1. The SMILES string of the molecule is C=C(OC)C(=O)O.COc1cc(C=CC(=O)O)ccc1O. The Balaban J connectivity index is 0.000000486. The Morgan fingerprint density at radius 2 is 1.86 bits per heavy atom. The highest BCUT2D eigenvalue weighted by molar-refractivity contribution is 5.85. The fourth-order valence-corrected chi connectivity index (χ4v) is 1.05. The van der Waals surface area contributed by atoms with Gasteiger partial charge in [0.05, 0.1) is 14.2 Å². The number of carbonyl (C=O) groups is 2. The third-order valence-corrected chi connectivity index (χ3v) is 2.11. The predicted molar refractivity (Wildman–Crippen MR) is 75.1 cm³/mol. The normalized spacial score (nSPS) is 9.43. The van der Waals surface area contributed by atoms with Crippen molar-refractivity contribution in [2.75, 3.05) is 14.2 Å². The number of phenolic OH excluding ortho intramolecular Hbond substituents is 1. The standard InChI is InChI=1S/C10H10O4.C4H6O3/c1-14-9-6-7(2-4-8(9)11)3-5-10(12)13;1-3(7-2)4(5)6/h2-6,11H,1H3,(H,12,13);1H2,2H3,(H,5,6). The van der Waals surface area contributed by atoms with Crippen molar-refractivity contribution in [3.8, 4) is 11.5 Å². The number of methoxy groups -OCH3 is 2. The van der Waals surface area contributed by atoms with E-state index < -0.39 is 11.9 Å². The summed E-state index contributed by atoms with van der Waals surface area (Å²) in [6.07, 6.45) is 2.44. The minimum atomic E-state index is -1.12. The first-order valence-electron chi connectivity index (χ1n) is 5.56. The molecule has 0 atom stereocenters. The number of ether oxygens (including phenoxy) is 2. The molecule has 0 spiro atoms. The molecule has 0 radical (unpaired) electrons. The third-order valence-electron chi connectivity index (χ3n) is 2.11. The van der Waals surface area contributed by atoms with Gasteiger partial charge >= 0.3 is 11.9 Å². The maximum atomic E-state index is 10.2. The van der Waals surface area contributed by atoms with E-state index in [0.29, 0.717) is 11.3 Å². The van der Waals surface area contributed by atoms with Crippen LogP contribution < -0.4 is 4.74 Å². The van der Waals surface area contributed by atoms with Crippen LogP contribution in [0.2, 0.25) is 0 Å². The Kier molecular flexibility index (Phi) is 7.75. The van der Waals surface area contributed by atoms with Crippen LogP contribution in [-0.2, 0) is 14.3 Å². The Bertz CT molecular complexity index is 546. The molecule has 0 heterocycles. The van der Waals surface area contributed by atoms with Gasteiger partial charge in [-0.25, -0.2) is 9.59 Å². The summed E-state index contributed by atoms with van der Waals surface area (Å²) in [5, 5.41) is 25.6. The number of hydrogen-bond acceptors (Lipinski definition) is 5. The fourth-order valence-electron chi connectivity index (χ4n) is 1.05. The van der Waals surface area contributed by atoms with E-state index in [0.717, 1.165) is 6.08 Å². The van der Waals surface area contributed by atoms with Crippen molar-refractivity contribution < 1.29 is 34.4 Å². The van der Waals surface area contributed by atoms with Crippen LogP contribution in [0.4, 0.5) is 0 Å². The first kappa shape index (κ1) is 18.0. The maximum absolute atomic E-state index is 10.2. The second-order valence-electron chi connectivity index (χ2n) is 3.54. The second kappa shape index (κ2) is 9.03. The van der Waals surface area contributed by atoms with Gasteiger partial charge in [-0.15, -0.1) is 0 Å². The molecular formula is C14H16O7. The molecule has 0 saturated heterocycles. The summed E-state index contributed by atoms with van der Waals surface area (Å²) in [5.41, 5.74) is 0.655. The van der Waals surface area contributed by atoms with Crippen LogP contribution in [0.5, 0.6) is 11.5 Å². The molecule has 3 N–H and O–H groups in total. The lowest BCUT2D eigenvalue weighted by Gasteiger charge is -2.03. The van der Waals surface area contributed by atoms with Crippen molar-refractivity contribution in [2.24, 2.45) is 0 Å². The number of hydrogen-bond donors (Lipinski definition) is 3. The van der Waals surface area contributed by atoms with Gasteiger partial charge < -0.3 is 24.8 Å². The second-order valence-corrected chi connectivity index (χ2v) is 3.54. The van der Waals surface area contributed by atoms with Crippen LogP contribution >= 0.6 is 0 Å². The zero-order valence-electron chi connectivity index (χ0n) is 11.6. The van der Waals surface area contributed by atoms with Gasteiger partial charge in [0.2, 0.25) is 0 Å². The highest BCUT2D eigenvalue weighted by Crippen LogP contribution is 2.26. The molecule has 21 heavy (non-hydrogen) atoms. The predicted octanol–water partition coefficient (Wildman–Crippen LogP) is 1.73. The molecule has 7 nitrogen and oxygen atoms in total. The zero-order valence-corrected chi connectivity index (χ0v) is 11.6. The summed E-state index contributed by atoms with van der Waals surface area (Å²) in [4.78, 5) is 19.9. The lowest BCUT2D eigenvalue weighted by atomic mass is 10.2. The summed E-state index contributed by atoms with van der Waals surface area (Å²) in [6, 6.07) is 4.59. The molecule has 1 rings (SSSR count). The first-order chi connectivity index (χ1) is 9.81. The molecule has 0 unspecified atom stereocenters. The molecule has 0 aromatic heterocycles. The van der Waals surface area contributed by atoms with Gasteiger partial charge in [0, 0.05) is 6.08 Å². The quantitative estimate of drug-likeness (QED) is 0.560. The van der Waals surface area contributed by atoms with Crippen LogP contribution in [0.25, 0.3) is 6.08 Å². The fraction of sp³-hybridized carbons (Fsp3) is 0.143. The van der Waals surface area contributed by atoms with Gasteiger partial charge in [-0.3, -0.25) is 0 Å². The van der Waals surface area contributed by atoms with Gasteiger partial charge in [0.1, 0.15) is 0 Å². The molecular weight excluding hydrogens is 280 g/mol. The van der Waals surface area contributed by atoms with E-state index in [1.807, 2.05) is 0 Å². The summed E-state index contributed by atoms with van der Waals surface area (Å²) in [5.74, 6) is -2.03. The molecule has 0 amide bonds. The monoisotopic (exact) mass is 296 g/mol. The molecule has 7 heteroatoms. The Hall–Kier alpha value is -2.96. The topological polar surface area (TPSA) is 113 Å². The van der Waals surface area contributed by atoms with Crippen molar-refractivity contribution in [1.82, 2.24) is 0 Å².